The number of fused-ring (bicyclic) bond motifs is 1. The van der Waals surface area contributed by atoms with Gasteiger partial charge in [-0.2, -0.15) is 4.99 Å². The van der Waals surface area contributed by atoms with Gasteiger partial charge in [0.2, 0.25) is 0 Å². The van der Waals surface area contributed by atoms with Crippen LogP contribution >= 0.6 is 22.7 Å². The number of thiazole rings is 1. The van der Waals surface area contributed by atoms with E-state index in [-0.39, 0.29) is 11.6 Å². The molecule has 1 aromatic carbocycles. The molecular formula is C16H15N3O4S2. The SMILES string of the molecule is CCOCCn1c(=NC(=O)c2cccs2)sc2cc([N+](=O)[O-])ccc21. The molecule has 0 aliphatic heterocycles. The van der Waals surface area contributed by atoms with Gasteiger partial charge in [-0.3, -0.25) is 14.9 Å². The standard InChI is InChI=1S/C16H15N3O4S2/c1-2-23-8-7-18-12-6-5-11(19(21)22)10-14(12)25-16(18)17-15(20)13-4-3-9-24-13/h3-6,9-10H,2,7-8H2,1H3. The highest BCUT2D eigenvalue weighted by molar-refractivity contribution is 7.16. The lowest BCUT2D eigenvalue weighted by molar-refractivity contribution is -0.384. The molecule has 0 N–H and O–H groups in total. The first kappa shape index (κ1) is 17.5. The number of non-ortho nitro benzene ring substituents is 1. The normalized spacial score (nSPS) is 12.0. The van der Waals surface area contributed by atoms with Crippen molar-refractivity contribution in [2.75, 3.05) is 13.2 Å². The van der Waals surface area contributed by atoms with Crippen molar-refractivity contribution >= 4 is 44.5 Å². The molecule has 0 fully saturated rings. The van der Waals surface area contributed by atoms with Crippen LogP contribution in [0.25, 0.3) is 10.2 Å². The van der Waals surface area contributed by atoms with Crippen LogP contribution in [0.5, 0.6) is 0 Å². The maximum Gasteiger partial charge on any atom is 0.289 e. The molecule has 3 rings (SSSR count). The molecule has 1 amide bonds. The maximum absolute atomic E-state index is 12.3. The van der Waals surface area contributed by atoms with Gasteiger partial charge in [-0.25, -0.2) is 0 Å². The van der Waals surface area contributed by atoms with E-state index in [1.807, 2.05) is 16.9 Å². The van der Waals surface area contributed by atoms with Crippen LogP contribution in [0.1, 0.15) is 16.6 Å². The van der Waals surface area contributed by atoms with Crippen molar-refractivity contribution in [2.45, 2.75) is 13.5 Å². The Hall–Kier alpha value is -2.36. The fourth-order valence-electron chi connectivity index (χ4n) is 2.32. The van der Waals surface area contributed by atoms with Crippen LogP contribution in [0.4, 0.5) is 5.69 Å². The average molecular weight is 377 g/mol. The summed E-state index contributed by atoms with van der Waals surface area (Å²) >= 11 is 2.59. The number of ether oxygens (including phenoxy) is 1. The summed E-state index contributed by atoms with van der Waals surface area (Å²) in [4.78, 5) is 28.1. The Morgan fingerprint density at radius 1 is 1.40 bits per heavy atom. The summed E-state index contributed by atoms with van der Waals surface area (Å²) in [5.41, 5.74) is 0.815. The van der Waals surface area contributed by atoms with E-state index in [4.69, 9.17) is 4.74 Å². The van der Waals surface area contributed by atoms with Crippen LogP contribution in [0.15, 0.2) is 40.7 Å². The highest BCUT2D eigenvalue weighted by Crippen LogP contribution is 2.23. The summed E-state index contributed by atoms with van der Waals surface area (Å²) in [6, 6.07) is 8.16. The Balaban J connectivity index is 2.09. The summed E-state index contributed by atoms with van der Waals surface area (Å²) in [5.74, 6) is -0.318. The van der Waals surface area contributed by atoms with Gasteiger partial charge in [0.1, 0.15) is 0 Å². The predicted molar refractivity (Wildman–Crippen MR) is 97.2 cm³/mol. The lowest BCUT2D eigenvalue weighted by atomic mass is 10.3. The predicted octanol–water partition coefficient (Wildman–Crippen LogP) is 3.45. The molecule has 130 valence electrons. The topological polar surface area (TPSA) is 86.7 Å². The number of benzene rings is 1. The minimum atomic E-state index is -0.433. The summed E-state index contributed by atoms with van der Waals surface area (Å²) in [6.07, 6.45) is 0. The molecule has 3 aromatic rings. The summed E-state index contributed by atoms with van der Waals surface area (Å²) in [6.45, 7) is 3.49. The molecular weight excluding hydrogens is 362 g/mol. The van der Waals surface area contributed by atoms with Crippen molar-refractivity contribution in [1.82, 2.24) is 4.57 Å². The average Bonchev–Trinajstić information content (AvgIpc) is 3.23. The Kier molecular flexibility index (Phi) is 5.37. The van der Waals surface area contributed by atoms with E-state index in [0.717, 1.165) is 5.52 Å². The Labute approximate surface area is 151 Å². The van der Waals surface area contributed by atoms with Crippen LogP contribution in [0, 0.1) is 10.1 Å². The number of rotatable bonds is 6. The van der Waals surface area contributed by atoms with E-state index < -0.39 is 4.92 Å². The van der Waals surface area contributed by atoms with Gasteiger partial charge in [0, 0.05) is 25.3 Å². The molecule has 0 aliphatic rings. The second-order valence-corrected chi connectivity index (χ2v) is 6.99. The van der Waals surface area contributed by atoms with Gasteiger partial charge in [0.15, 0.2) is 4.80 Å². The molecule has 0 saturated heterocycles. The lowest BCUT2D eigenvalue weighted by Gasteiger charge is -2.05. The number of carbonyl (C=O) groups excluding carboxylic acids is 1. The number of nitro benzene ring substituents is 1. The van der Waals surface area contributed by atoms with E-state index in [0.29, 0.717) is 34.1 Å². The maximum atomic E-state index is 12.3. The molecule has 0 aliphatic carbocycles. The summed E-state index contributed by atoms with van der Waals surface area (Å²) < 4.78 is 7.98. The number of hydrogen-bond acceptors (Lipinski definition) is 6. The van der Waals surface area contributed by atoms with Gasteiger partial charge in [-0.1, -0.05) is 17.4 Å². The molecule has 0 saturated carbocycles. The van der Waals surface area contributed by atoms with Crippen LogP contribution in [0.2, 0.25) is 0 Å². The fourth-order valence-corrected chi connectivity index (χ4v) is 4.01. The molecule has 0 unspecified atom stereocenters. The van der Waals surface area contributed by atoms with Crippen LogP contribution in [0.3, 0.4) is 0 Å². The van der Waals surface area contributed by atoms with Gasteiger partial charge < -0.3 is 9.30 Å². The molecule has 0 radical (unpaired) electrons. The van der Waals surface area contributed by atoms with E-state index in [1.165, 1.54) is 34.8 Å². The summed E-state index contributed by atoms with van der Waals surface area (Å²) in [7, 11) is 0. The first-order chi connectivity index (χ1) is 12.1. The largest absolute Gasteiger partial charge is 0.380 e. The highest BCUT2D eigenvalue weighted by atomic mass is 32.1. The second kappa shape index (κ2) is 7.68. The molecule has 2 aromatic heterocycles. The summed E-state index contributed by atoms with van der Waals surface area (Å²) in [5, 5.41) is 12.8. The second-order valence-electron chi connectivity index (χ2n) is 5.04. The zero-order valence-electron chi connectivity index (χ0n) is 13.4. The molecule has 0 bridgehead atoms. The van der Waals surface area contributed by atoms with Gasteiger partial charge in [-0.15, -0.1) is 11.3 Å². The van der Waals surface area contributed by atoms with Gasteiger partial charge in [0.05, 0.1) is 26.6 Å². The molecule has 7 nitrogen and oxygen atoms in total. The van der Waals surface area contributed by atoms with Crippen molar-refractivity contribution in [3.63, 3.8) is 0 Å². The number of thiophene rings is 1. The third-order valence-corrected chi connectivity index (χ3v) is 5.37. The van der Waals surface area contributed by atoms with Crippen molar-refractivity contribution in [2.24, 2.45) is 4.99 Å². The monoisotopic (exact) mass is 377 g/mol. The van der Waals surface area contributed by atoms with Crippen molar-refractivity contribution < 1.29 is 14.5 Å². The van der Waals surface area contributed by atoms with E-state index >= 15 is 0 Å². The first-order valence-electron chi connectivity index (χ1n) is 7.58. The number of carbonyl (C=O) groups is 1. The minimum absolute atomic E-state index is 0.0156. The minimum Gasteiger partial charge on any atom is -0.380 e. The molecule has 2 heterocycles. The zero-order valence-corrected chi connectivity index (χ0v) is 15.0. The Morgan fingerprint density at radius 2 is 2.24 bits per heavy atom. The van der Waals surface area contributed by atoms with Crippen molar-refractivity contribution in [3.8, 4) is 0 Å². The number of amides is 1. The fraction of sp³-hybridized carbons (Fsp3) is 0.250. The Bertz CT molecular complexity index is 973. The van der Waals surface area contributed by atoms with Gasteiger partial charge in [0.25, 0.3) is 11.6 Å². The number of nitro groups is 1. The first-order valence-corrected chi connectivity index (χ1v) is 9.28. The van der Waals surface area contributed by atoms with Gasteiger partial charge in [-0.05, 0) is 24.4 Å². The van der Waals surface area contributed by atoms with Crippen LogP contribution in [-0.4, -0.2) is 28.6 Å². The highest BCUT2D eigenvalue weighted by Gasteiger charge is 2.13. The van der Waals surface area contributed by atoms with Crippen LogP contribution in [-0.2, 0) is 11.3 Å². The van der Waals surface area contributed by atoms with Gasteiger partial charge >= 0.3 is 0 Å². The van der Waals surface area contributed by atoms with Crippen molar-refractivity contribution in [1.29, 1.82) is 0 Å². The van der Waals surface area contributed by atoms with Crippen LogP contribution < -0.4 is 4.80 Å². The lowest BCUT2D eigenvalue weighted by Crippen LogP contribution is -2.19. The molecule has 25 heavy (non-hydrogen) atoms. The zero-order chi connectivity index (χ0) is 17.8. The molecule has 0 atom stereocenters. The van der Waals surface area contributed by atoms with E-state index in [2.05, 4.69) is 4.99 Å². The number of aromatic nitrogens is 1. The number of nitrogens with zero attached hydrogens (tertiary/aromatic N) is 3. The third-order valence-electron chi connectivity index (χ3n) is 3.47. The number of hydrogen-bond donors (Lipinski definition) is 0. The van der Waals surface area contributed by atoms with E-state index in [9.17, 15) is 14.9 Å². The third kappa shape index (κ3) is 3.84. The van der Waals surface area contributed by atoms with Crippen molar-refractivity contribution in [3.05, 3.63) is 55.5 Å². The quantitative estimate of drug-likeness (QED) is 0.374. The smallest absolute Gasteiger partial charge is 0.289 e. The molecule has 0 spiro atoms. The Morgan fingerprint density at radius 3 is 2.92 bits per heavy atom. The van der Waals surface area contributed by atoms with E-state index in [1.54, 1.807) is 18.2 Å². The molecule has 9 heteroatoms.